The summed E-state index contributed by atoms with van der Waals surface area (Å²) in [6.45, 7) is 2.13. The first-order valence-electron chi connectivity index (χ1n) is 6.03. The average Bonchev–Trinajstić information content (AvgIpc) is 2.90. The number of ether oxygens (including phenoxy) is 2. The third-order valence-electron chi connectivity index (χ3n) is 2.50. The summed E-state index contributed by atoms with van der Waals surface area (Å²) in [6, 6.07) is 6.49. The molecular weight excluding hydrogens is 282 g/mol. The highest BCUT2D eigenvalue weighted by Gasteiger charge is 2.18. The molecule has 0 atom stereocenters. The summed E-state index contributed by atoms with van der Waals surface area (Å²) < 4.78 is 15.7. The third-order valence-corrected chi connectivity index (χ3v) is 2.78. The fraction of sp³-hybridized carbons (Fsp3) is 0.214. The number of rotatable bonds is 5. The number of hydrogen-bond acceptors (Lipinski definition) is 5. The number of halogens is 1. The Kier molecular flexibility index (Phi) is 4.53. The van der Waals surface area contributed by atoms with Crippen LogP contribution in [-0.2, 0) is 11.3 Å². The van der Waals surface area contributed by atoms with Gasteiger partial charge in [0.25, 0.3) is 0 Å². The standard InChI is InChI=1S/C14H14ClNO4/c1-2-18-14(17)11-6-9(16)7-12(15)13(11)20-8-10-4-3-5-19-10/h3-7H,2,8,16H2,1H3. The number of carbonyl (C=O) groups is 1. The number of hydrogen-bond donors (Lipinski definition) is 1. The fourth-order valence-electron chi connectivity index (χ4n) is 1.66. The molecule has 2 N–H and O–H groups in total. The minimum absolute atomic E-state index is 0.156. The molecule has 0 radical (unpaired) electrons. The van der Waals surface area contributed by atoms with Crippen LogP contribution in [0.15, 0.2) is 34.9 Å². The summed E-state index contributed by atoms with van der Waals surface area (Å²) >= 11 is 6.08. The first-order chi connectivity index (χ1) is 9.61. The van der Waals surface area contributed by atoms with Crippen molar-refractivity contribution in [2.24, 2.45) is 0 Å². The van der Waals surface area contributed by atoms with Crippen LogP contribution in [0.2, 0.25) is 5.02 Å². The minimum Gasteiger partial charge on any atom is -0.483 e. The molecule has 0 amide bonds. The zero-order valence-corrected chi connectivity index (χ0v) is 11.6. The van der Waals surface area contributed by atoms with Gasteiger partial charge in [-0.05, 0) is 31.2 Å². The molecule has 0 bridgehead atoms. The Hall–Kier alpha value is -2.14. The molecule has 0 spiro atoms. The van der Waals surface area contributed by atoms with Gasteiger partial charge in [-0.1, -0.05) is 11.6 Å². The molecule has 20 heavy (non-hydrogen) atoms. The third kappa shape index (κ3) is 3.24. The van der Waals surface area contributed by atoms with E-state index in [9.17, 15) is 4.79 Å². The molecule has 106 valence electrons. The van der Waals surface area contributed by atoms with Crippen molar-refractivity contribution in [3.05, 3.63) is 46.9 Å². The molecule has 2 aromatic rings. The smallest absolute Gasteiger partial charge is 0.342 e. The van der Waals surface area contributed by atoms with E-state index < -0.39 is 5.97 Å². The maximum Gasteiger partial charge on any atom is 0.342 e. The van der Waals surface area contributed by atoms with Crippen molar-refractivity contribution < 1.29 is 18.7 Å². The Morgan fingerprint density at radius 1 is 1.45 bits per heavy atom. The second kappa shape index (κ2) is 6.34. The zero-order valence-electron chi connectivity index (χ0n) is 10.9. The average molecular weight is 296 g/mol. The minimum atomic E-state index is -0.531. The van der Waals surface area contributed by atoms with Crippen LogP contribution >= 0.6 is 11.6 Å². The quantitative estimate of drug-likeness (QED) is 0.677. The molecule has 0 aliphatic heterocycles. The van der Waals surface area contributed by atoms with E-state index in [0.29, 0.717) is 11.4 Å². The number of esters is 1. The van der Waals surface area contributed by atoms with Gasteiger partial charge in [0.1, 0.15) is 17.9 Å². The van der Waals surface area contributed by atoms with Crippen LogP contribution < -0.4 is 10.5 Å². The van der Waals surface area contributed by atoms with E-state index in [-0.39, 0.29) is 29.5 Å². The van der Waals surface area contributed by atoms with Crippen molar-refractivity contribution in [1.29, 1.82) is 0 Å². The van der Waals surface area contributed by atoms with Crippen molar-refractivity contribution in [3.8, 4) is 5.75 Å². The lowest BCUT2D eigenvalue weighted by atomic mass is 10.2. The van der Waals surface area contributed by atoms with Crippen molar-refractivity contribution in [1.82, 2.24) is 0 Å². The number of nitrogens with two attached hydrogens (primary N) is 1. The Morgan fingerprint density at radius 2 is 2.25 bits per heavy atom. The van der Waals surface area contributed by atoms with E-state index in [1.165, 1.54) is 18.4 Å². The molecule has 1 aromatic heterocycles. The topological polar surface area (TPSA) is 74.7 Å². The van der Waals surface area contributed by atoms with E-state index in [1.807, 2.05) is 0 Å². The van der Waals surface area contributed by atoms with Gasteiger partial charge in [-0.15, -0.1) is 0 Å². The highest BCUT2D eigenvalue weighted by molar-refractivity contribution is 6.33. The van der Waals surface area contributed by atoms with Gasteiger partial charge in [0.05, 0.1) is 17.9 Å². The Morgan fingerprint density at radius 3 is 2.90 bits per heavy atom. The highest BCUT2D eigenvalue weighted by Crippen LogP contribution is 2.32. The monoisotopic (exact) mass is 295 g/mol. The predicted molar refractivity (Wildman–Crippen MR) is 74.9 cm³/mol. The van der Waals surface area contributed by atoms with Gasteiger partial charge in [0.15, 0.2) is 5.75 Å². The van der Waals surface area contributed by atoms with Crippen molar-refractivity contribution in [2.75, 3.05) is 12.3 Å². The molecule has 0 aliphatic rings. The van der Waals surface area contributed by atoms with Crippen molar-refractivity contribution in [3.63, 3.8) is 0 Å². The lowest BCUT2D eigenvalue weighted by molar-refractivity contribution is 0.0521. The molecule has 1 aromatic carbocycles. The van der Waals surface area contributed by atoms with Crippen molar-refractivity contribution in [2.45, 2.75) is 13.5 Å². The Bertz CT molecular complexity index is 595. The largest absolute Gasteiger partial charge is 0.483 e. The summed E-state index contributed by atoms with van der Waals surface area (Å²) in [5.74, 6) is 0.319. The molecule has 5 nitrogen and oxygen atoms in total. The van der Waals surface area contributed by atoms with E-state index in [0.717, 1.165) is 0 Å². The van der Waals surface area contributed by atoms with Crippen LogP contribution in [0.4, 0.5) is 5.69 Å². The van der Waals surface area contributed by atoms with Gasteiger partial charge < -0.3 is 19.6 Å². The van der Waals surface area contributed by atoms with Gasteiger partial charge in [-0.2, -0.15) is 0 Å². The zero-order chi connectivity index (χ0) is 14.5. The van der Waals surface area contributed by atoms with Gasteiger partial charge in [0.2, 0.25) is 0 Å². The maximum absolute atomic E-state index is 11.9. The number of furan rings is 1. The summed E-state index contributed by atoms with van der Waals surface area (Å²) in [5.41, 5.74) is 6.25. The lowest BCUT2D eigenvalue weighted by Crippen LogP contribution is -2.09. The van der Waals surface area contributed by atoms with Gasteiger partial charge in [0, 0.05) is 5.69 Å². The van der Waals surface area contributed by atoms with E-state index in [1.54, 1.807) is 19.1 Å². The molecular formula is C14H14ClNO4. The molecule has 6 heteroatoms. The second-order valence-electron chi connectivity index (χ2n) is 3.97. The van der Waals surface area contributed by atoms with Crippen LogP contribution in [0.1, 0.15) is 23.0 Å². The Labute approximate surface area is 121 Å². The molecule has 0 saturated heterocycles. The number of benzene rings is 1. The van der Waals surface area contributed by atoms with Gasteiger partial charge >= 0.3 is 5.97 Å². The van der Waals surface area contributed by atoms with Crippen LogP contribution in [0, 0.1) is 0 Å². The van der Waals surface area contributed by atoms with E-state index in [2.05, 4.69) is 0 Å². The van der Waals surface area contributed by atoms with Gasteiger partial charge in [-0.3, -0.25) is 0 Å². The summed E-state index contributed by atoms with van der Waals surface area (Å²) in [7, 11) is 0. The molecule has 0 aliphatic carbocycles. The van der Waals surface area contributed by atoms with Crippen molar-refractivity contribution >= 4 is 23.3 Å². The SMILES string of the molecule is CCOC(=O)c1cc(N)cc(Cl)c1OCc1ccco1. The Balaban J connectivity index is 2.27. The molecule has 0 unspecified atom stereocenters. The molecule has 1 heterocycles. The first kappa shape index (κ1) is 14.3. The maximum atomic E-state index is 11.9. The second-order valence-corrected chi connectivity index (χ2v) is 4.38. The highest BCUT2D eigenvalue weighted by atomic mass is 35.5. The number of anilines is 1. The van der Waals surface area contributed by atoms with Crippen LogP contribution in [0.3, 0.4) is 0 Å². The number of carbonyl (C=O) groups excluding carboxylic acids is 1. The van der Waals surface area contributed by atoms with Crippen LogP contribution in [-0.4, -0.2) is 12.6 Å². The van der Waals surface area contributed by atoms with E-state index >= 15 is 0 Å². The number of nitrogen functional groups attached to an aromatic ring is 1. The fourth-order valence-corrected chi connectivity index (χ4v) is 1.94. The van der Waals surface area contributed by atoms with Crippen LogP contribution in [0.5, 0.6) is 5.75 Å². The molecule has 0 fully saturated rings. The molecule has 0 saturated carbocycles. The van der Waals surface area contributed by atoms with Gasteiger partial charge in [-0.25, -0.2) is 4.79 Å². The normalized spacial score (nSPS) is 10.3. The molecule has 2 rings (SSSR count). The lowest BCUT2D eigenvalue weighted by Gasteiger charge is -2.12. The summed E-state index contributed by atoms with van der Waals surface area (Å²) in [6.07, 6.45) is 1.54. The summed E-state index contributed by atoms with van der Waals surface area (Å²) in [5, 5.41) is 0.250. The predicted octanol–water partition coefficient (Wildman–Crippen LogP) is 3.27. The summed E-state index contributed by atoms with van der Waals surface area (Å²) in [4.78, 5) is 11.9. The first-order valence-corrected chi connectivity index (χ1v) is 6.41. The van der Waals surface area contributed by atoms with E-state index in [4.69, 9.17) is 31.2 Å². The van der Waals surface area contributed by atoms with Crippen LogP contribution in [0.25, 0.3) is 0 Å².